The molecule has 1 aliphatic rings. The van der Waals surface area contributed by atoms with Crippen LogP contribution in [0.25, 0.3) is 34.2 Å². The Labute approximate surface area is 155 Å². The molecule has 26 heavy (non-hydrogen) atoms. The first-order valence-electron chi connectivity index (χ1n) is 8.63. The maximum Gasteiger partial charge on any atom is 0.220 e. The molecule has 1 atom stereocenters. The van der Waals surface area contributed by atoms with Crippen molar-refractivity contribution in [2.75, 3.05) is 13.6 Å². The van der Waals surface area contributed by atoms with Crippen LogP contribution in [0.4, 0.5) is 0 Å². The molecule has 0 bridgehead atoms. The Hall–Kier alpha value is -2.56. The van der Waals surface area contributed by atoms with Crippen molar-refractivity contribution in [1.82, 2.24) is 9.88 Å². The van der Waals surface area contributed by atoms with E-state index < -0.39 is 0 Å². The summed E-state index contributed by atoms with van der Waals surface area (Å²) in [6.07, 6.45) is 4.69. The number of hydrogen-bond acceptors (Lipinski definition) is 4. The van der Waals surface area contributed by atoms with Gasteiger partial charge in [0, 0.05) is 23.6 Å². The lowest BCUT2D eigenvalue weighted by molar-refractivity contribution is 0.320. The van der Waals surface area contributed by atoms with Crippen molar-refractivity contribution in [1.29, 1.82) is 0 Å². The maximum absolute atomic E-state index is 6.75. The molecule has 130 valence electrons. The zero-order chi connectivity index (χ0) is 17.7. The summed E-state index contributed by atoms with van der Waals surface area (Å²) in [7, 11) is 2.04. The van der Waals surface area contributed by atoms with Crippen LogP contribution in [0.2, 0.25) is 0 Å². The molecule has 1 aliphatic heterocycles. The highest BCUT2D eigenvalue weighted by Crippen LogP contribution is 2.40. The van der Waals surface area contributed by atoms with Crippen molar-refractivity contribution in [3.8, 4) is 0 Å². The predicted octanol–water partition coefficient (Wildman–Crippen LogP) is 5.47. The quantitative estimate of drug-likeness (QED) is 0.349. The summed E-state index contributed by atoms with van der Waals surface area (Å²) in [4.78, 5) is 6.62. The minimum atomic E-state index is -0.233. The second-order valence-electron chi connectivity index (χ2n) is 6.59. The fourth-order valence-electron chi connectivity index (χ4n) is 3.57. The van der Waals surface area contributed by atoms with Gasteiger partial charge in [0.2, 0.25) is 5.89 Å². The molecular formula is C21H17ClN2O2. The van der Waals surface area contributed by atoms with Crippen molar-refractivity contribution in [3.05, 3.63) is 65.2 Å². The molecule has 0 amide bonds. The summed E-state index contributed by atoms with van der Waals surface area (Å²) in [5, 5.41) is 1.13. The van der Waals surface area contributed by atoms with Crippen LogP contribution in [0.5, 0.6) is 0 Å². The monoisotopic (exact) mass is 364 g/mol. The van der Waals surface area contributed by atoms with Gasteiger partial charge in [0.25, 0.3) is 0 Å². The van der Waals surface area contributed by atoms with E-state index in [1.165, 1.54) is 5.56 Å². The number of nitrogens with zero attached hydrogens (tertiary/aromatic N) is 2. The number of fused-ring (bicyclic) bond motifs is 1. The Bertz CT molecular complexity index is 1110. The van der Waals surface area contributed by atoms with Gasteiger partial charge in [0.05, 0.1) is 0 Å². The third-order valence-corrected chi connectivity index (χ3v) is 5.47. The third-order valence-electron chi connectivity index (χ3n) is 4.91. The van der Waals surface area contributed by atoms with Gasteiger partial charge in [-0.3, -0.25) is 4.90 Å². The van der Waals surface area contributed by atoms with Gasteiger partial charge in [-0.15, -0.1) is 11.6 Å². The van der Waals surface area contributed by atoms with Gasteiger partial charge in [0.15, 0.2) is 5.58 Å². The van der Waals surface area contributed by atoms with E-state index >= 15 is 0 Å². The van der Waals surface area contributed by atoms with E-state index in [0.29, 0.717) is 5.89 Å². The van der Waals surface area contributed by atoms with Gasteiger partial charge in [-0.2, -0.15) is 0 Å². The highest BCUT2D eigenvalue weighted by Gasteiger charge is 2.27. The topological polar surface area (TPSA) is 42.4 Å². The molecule has 0 saturated heterocycles. The summed E-state index contributed by atoms with van der Waals surface area (Å²) < 4.78 is 11.9. The molecule has 0 N–H and O–H groups in total. The molecule has 4 aromatic rings. The van der Waals surface area contributed by atoms with Gasteiger partial charge >= 0.3 is 0 Å². The van der Waals surface area contributed by atoms with Crippen LogP contribution in [-0.4, -0.2) is 23.5 Å². The second-order valence-corrected chi connectivity index (χ2v) is 7.00. The molecule has 0 fully saturated rings. The van der Waals surface area contributed by atoms with E-state index in [1.807, 2.05) is 55.6 Å². The van der Waals surface area contributed by atoms with E-state index in [2.05, 4.69) is 16.0 Å². The molecule has 5 heteroatoms. The highest BCUT2D eigenvalue weighted by atomic mass is 35.5. The number of oxazole rings is 1. The van der Waals surface area contributed by atoms with Gasteiger partial charge in [-0.05, 0) is 43.3 Å². The molecule has 0 spiro atoms. The lowest BCUT2D eigenvalue weighted by Gasteiger charge is -2.20. The number of hydrogen-bond donors (Lipinski definition) is 0. The average molecular weight is 365 g/mol. The first-order chi connectivity index (χ1) is 12.7. The maximum atomic E-state index is 6.75. The summed E-state index contributed by atoms with van der Waals surface area (Å²) in [5.74, 6) is 1.30. The molecule has 0 saturated carbocycles. The zero-order valence-electron chi connectivity index (χ0n) is 14.3. The molecule has 4 nitrogen and oxygen atoms in total. The number of likely N-dealkylation sites (N-methyl/N-ethyl adjacent to an activating group) is 1. The van der Waals surface area contributed by atoms with Crippen molar-refractivity contribution in [2.24, 2.45) is 0 Å². The molecule has 1 unspecified atom stereocenters. The van der Waals surface area contributed by atoms with Crippen molar-refractivity contribution in [3.63, 3.8) is 0 Å². The smallest absolute Gasteiger partial charge is 0.220 e. The lowest BCUT2D eigenvalue weighted by Crippen LogP contribution is -2.21. The third kappa shape index (κ3) is 2.45. The molecular weight excluding hydrogens is 348 g/mol. The standard InChI is InChI=1S/C21H17ClN2O2/c1-24-12-11-13-5-4-8-16-19(13)20(21(24)22)17(25-16)9-10-18-23-14-6-2-3-7-15(14)26-18/h2-10,21H,11-12H2,1H3. The summed E-state index contributed by atoms with van der Waals surface area (Å²) in [6, 6.07) is 13.9. The number of rotatable bonds is 2. The van der Waals surface area contributed by atoms with E-state index in [9.17, 15) is 0 Å². The average Bonchev–Trinajstić information content (AvgIpc) is 3.21. The Morgan fingerprint density at radius 1 is 1.08 bits per heavy atom. The van der Waals surface area contributed by atoms with Crippen LogP contribution in [0.1, 0.15) is 28.3 Å². The fourth-order valence-corrected chi connectivity index (χ4v) is 3.89. The number of alkyl halides is 1. The predicted molar refractivity (Wildman–Crippen MR) is 104 cm³/mol. The molecule has 0 radical (unpaired) electrons. The SMILES string of the molecule is CN1CCc2cccc3oc(C=Cc4nc5ccccc5o4)c(c23)C1Cl. The number of para-hydroxylation sites is 2. The van der Waals surface area contributed by atoms with Gasteiger partial charge in [-0.25, -0.2) is 4.98 Å². The van der Waals surface area contributed by atoms with Crippen molar-refractivity contribution >= 4 is 45.8 Å². The largest absolute Gasteiger partial charge is 0.456 e. The first-order valence-corrected chi connectivity index (χ1v) is 9.06. The zero-order valence-corrected chi connectivity index (χ0v) is 15.0. The van der Waals surface area contributed by atoms with Crippen molar-refractivity contribution in [2.45, 2.75) is 11.9 Å². The minimum absolute atomic E-state index is 0.233. The number of benzene rings is 2. The summed E-state index contributed by atoms with van der Waals surface area (Å²) >= 11 is 6.75. The number of aromatic nitrogens is 1. The van der Waals surface area contributed by atoms with E-state index in [0.717, 1.165) is 46.4 Å². The van der Waals surface area contributed by atoms with Crippen LogP contribution in [0.3, 0.4) is 0 Å². The summed E-state index contributed by atoms with van der Waals surface area (Å²) in [5.41, 5.74) is 4.54. The van der Waals surface area contributed by atoms with Gasteiger partial charge < -0.3 is 8.83 Å². The Balaban J connectivity index is 1.63. The molecule has 3 heterocycles. The minimum Gasteiger partial charge on any atom is -0.456 e. The van der Waals surface area contributed by atoms with Crippen LogP contribution < -0.4 is 0 Å². The highest BCUT2D eigenvalue weighted by molar-refractivity contribution is 6.22. The van der Waals surface area contributed by atoms with Crippen LogP contribution in [0.15, 0.2) is 51.3 Å². The normalized spacial score (nSPS) is 18.2. The van der Waals surface area contributed by atoms with Crippen LogP contribution in [0, 0.1) is 0 Å². The van der Waals surface area contributed by atoms with E-state index in [1.54, 1.807) is 0 Å². The van der Waals surface area contributed by atoms with Gasteiger partial charge in [-0.1, -0.05) is 24.3 Å². The van der Waals surface area contributed by atoms with Crippen molar-refractivity contribution < 1.29 is 8.83 Å². The fraction of sp³-hybridized carbons (Fsp3) is 0.190. The molecule has 5 rings (SSSR count). The molecule has 0 aliphatic carbocycles. The van der Waals surface area contributed by atoms with E-state index in [-0.39, 0.29) is 5.50 Å². The Morgan fingerprint density at radius 3 is 2.81 bits per heavy atom. The molecule has 2 aromatic carbocycles. The number of furan rings is 1. The van der Waals surface area contributed by atoms with Crippen LogP contribution >= 0.6 is 11.6 Å². The van der Waals surface area contributed by atoms with Crippen LogP contribution in [-0.2, 0) is 6.42 Å². The Morgan fingerprint density at radius 2 is 1.92 bits per heavy atom. The lowest BCUT2D eigenvalue weighted by atomic mass is 10.0. The molecule has 2 aromatic heterocycles. The second kappa shape index (κ2) is 6.01. The van der Waals surface area contributed by atoms with Gasteiger partial charge in [0.1, 0.15) is 22.4 Å². The first kappa shape index (κ1) is 15.7. The summed E-state index contributed by atoms with van der Waals surface area (Å²) in [6.45, 7) is 0.913. The Kier molecular flexibility index (Phi) is 3.62. The number of halogens is 1. The van der Waals surface area contributed by atoms with E-state index in [4.69, 9.17) is 20.4 Å².